The number of hydrogen-bond acceptors (Lipinski definition) is 6. The number of rotatable bonds is 9. The van der Waals surface area contributed by atoms with Gasteiger partial charge in [-0.2, -0.15) is 13.2 Å². The third-order valence-electron chi connectivity index (χ3n) is 8.08. The number of hydrogen-bond donors (Lipinski definition) is 0. The summed E-state index contributed by atoms with van der Waals surface area (Å²) >= 11 is 1.46. The van der Waals surface area contributed by atoms with E-state index < -0.39 is 11.7 Å². The van der Waals surface area contributed by atoms with E-state index in [-0.39, 0.29) is 17.7 Å². The number of benzene rings is 3. The quantitative estimate of drug-likeness (QED) is 0.195. The Labute approximate surface area is 264 Å². The maximum absolute atomic E-state index is 13.5. The number of nitrogens with zero attached hydrogens (tertiary/aromatic N) is 3. The number of alkyl halides is 3. The van der Waals surface area contributed by atoms with Gasteiger partial charge in [-0.3, -0.25) is 9.59 Å². The average molecular weight is 638 g/mol. The van der Waals surface area contributed by atoms with Crippen LogP contribution in [0, 0.1) is 0 Å². The number of methoxy groups -OCH3 is 2. The molecule has 0 bridgehead atoms. The van der Waals surface area contributed by atoms with Crippen LogP contribution in [0.15, 0.2) is 72.1 Å². The molecule has 1 saturated heterocycles. The highest BCUT2D eigenvalue weighted by Crippen LogP contribution is 2.34. The minimum atomic E-state index is -4.42. The standard InChI is InChI=1S/C34H34F3N3O4S/c1-39(17-14-22-8-13-29(43-2)30(20-22)44-3)33(42)28-21-45-31(38-28)24-15-18-40(19-16-24)32(41)27-7-5-4-6-26(27)23-9-11-25(12-10-23)34(35,36)37/h4-13,20-21,24H,14-19H2,1-3H3. The molecule has 4 aromatic rings. The average Bonchev–Trinajstić information content (AvgIpc) is 3.56. The normalized spacial score (nSPS) is 13.9. The molecule has 0 radical (unpaired) electrons. The molecule has 7 nitrogen and oxygen atoms in total. The van der Waals surface area contributed by atoms with Crippen molar-refractivity contribution >= 4 is 23.2 Å². The number of likely N-dealkylation sites (N-methyl/N-ethyl adjacent to an activating group) is 1. The van der Waals surface area contributed by atoms with E-state index in [1.54, 1.807) is 60.7 Å². The van der Waals surface area contributed by atoms with Crippen molar-refractivity contribution in [1.29, 1.82) is 0 Å². The molecule has 1 fully saturated rings. The fourth-order valence-corrected chi connectivity index (χ4v) is 6.43. The lowest BCUT2D eigenvalue weighted by atomic mass is 9.94. The van der Waals surface area contributed by atoms with Crippen molar-refractivity contribution < 1.29 is 32.2 Å². The zero-order valence-electron chi connectivity index (χ0n) is 25.3. The van der Waals surface area contributed by atoms with Crippen LogP contribution in [-0.2, 0) is 12.6 Å². The lowest BCUT2D eigenvalue weighted by molar-refractivity contribution is -0.137. The van der Waals surface area contributed by atoms with Gasteiger partial charge in [-0.05, 0) is 66.3 Å². The smallest absolute Gasteiger partial charge is 0.416 e. The van der Waals surface area contributed by atoms with Gasteiger partial charge in [0.15, 0.2) is 11.5 Å². The van der Waals surface area contributed by atoms with Crippen molar-refractivity contribution in [2.45, 2.75) is 31.4 Å². The molecule has 5 rings (SSSR count). The highest BCUT2D eigenvalue weighted by molar-refractivity contribution is 7.09. The van der Waals surface area contributed by atoms with Gasteiger partial charge in [0.2, 0.25) is 0 Å². The van der Waals surface area contributed by atoms with Gasteiger partial charge < -0.3 is 19.3 Å². The lowest BCUT2D eigenvalue weighted by Crippen LogP contribution is -2.38. The Morgan fingerprint density at radius 2 is 1.67 bits per heavy atom. The molecule has 0 unspecified atom stereocenters. The summed E-state index contributed by atoms with van der Waals surface area (Å²) in [5, 5.41) is 2.67. The maximum atomic E-state index is 13.5. The summed E-state index contributed by atoms with van der Waals surface area (Å²) in [6, 6.07) is 17.6. The second kappa shape index (κ2) is 13.7. The first-order chi connectivity index (χ1) is 21.6. The first-order valence-corrected chi connectivity index (χ1v) is 15.4. The number of halogens is 3. The summed E-state index contributed by atoms with van der Waals surface area (Å²) in [4.78, 5) is 34.8. The van der Waals surface area contributed by atoms with Crippen LogP contribution < -0.4 is 9.47 Å². The molecular weight excluding hydrogens is 603 g/mol. The Morgan fingerprint density at radius 1 is 0.978 bits per heavy atom. The van der Waals surface area contributed by atoms with E-state index in [1.807, 2.05) is 18.2 Å². The monoisotopic (exact) mass is 637 g/mol. The van der Waals surface area contributed by atoms with Crippen LogP contribution in [0.5, 0.6) is 11.5 Å². The number of likely N-dealkylation sites (tertiary alicyclic amines) is 1. The number of carbonyl (C=O) groups excluding carboxylic acids is 2. The van der Waals surface area contributed by atoms with Crippen LogP contribution in [0.2, 0.25) is 0 Å². The first kappa shape index (κ1) is 32.0. The zero-order valence-corrected chi connectivity index (χ0v) is 26.1. The number of carbonyl (C=O) groups is 2. The van der Waals surface area contributed by atoms with Gasteiger partial charge in [0.25, 0.3) is 11.8 Å². The molecule has 0 saturated carbocycles. The molecule has 1 aromatic heterocycles. The van der Waals surface area contributed by atoms with Crippen molar-refractivity contribution in [3.63, 3.8) is 0 Å². The maximum Gasteiger partial charge on any atom is 0.416 e. The second-order valence-electron chi connectivity index (χ2n) is 10.9. The number of thiazole rings is 1. The fraction of sp³-hybridized carbons (Fsp3) is 0.324. The molecule has 2 heterocycles. The SMILES string of the molecule is COc1ccc(CCN(C)C(=O)c2csc(C3CCN(C(=O)c4ccccc4-c4ccc(C(F)(F)F)cc4)CC3)n2)cc1OC. The molecule has 45 heavy (non-hydrogen) atoms. The molecule has 236 valence electrons. The zero-order chi connectivity index (χ0) is 32.1. The minimum Gasteiger partial charge on any atom is -0.493 e. The highest BCUT2D eigenvalue weighted by Gasteiger charge is 2.31. The third kappa shape index (κ3) is 7.30. The van der Waals surface area contributed by atoms with Gasteiger partial charge in [0.1, 0.15) is 5.69 Å². The summed E-state index contributed by atoms with van der Waals surface area (Å²) in [5.41, 5.74) is 2.30. The van der Waals surface area contributed by atoms with Crippen LogP contribution in [0.3, 0.4) is 0 Å². The molecule has 0 atom stereocenters. The Balaban J connectivity index is 1.18. The molecule has 0 N–H and O–H groups in total. The van der Waals surface area contributed by atoms with Gasteiger partial charge >= 0.3 is 6.18 Å². The number of ether oxygens (including phenoxy) is 2. The predicted molar refractivity (Wildman–Crippen MR) is 167 cm³/mol. The van der Waals surface area contributed by atoms with E-state index in [4.69, 9.17) is 9.47 Å². The van der Waals surface area contributed by atoms with Crippen molar-refractivity contribution in [1.82, 2.24) is 14.8 Å². The van der Waals surface area contributed by atoms with Gasteiger partial charge in [0, 0.05) is 43.5 Å². The molecule has 2 amide bonds. The number of piperidine rings is 1. The van der Waals surface area contributed by atoms with Crippen LogP contribution in [-0.4, -0.2) is 67.5 Å². The summed E-state index contributed by atoms with van der Waals surface area (Å²) in [6.45, 7) is 1.54. The molecular formula is C34H34F3N3O4S. The van der Waals surface area contributed by atoms with Crippen molar-refractivity contribution in [2.75, 3.05) is 40.9 Å². The molecule has 3 aromatic carbocycles. The van der Waals surface area contributed by atoms with E-state index in [9.17, 15) is 22.8 Å². The first-order valence-electron chi connectivity index (χ1n) is 14.6. The molecule has 0 aliphatic carbocycles. The van der Waals surface area contributed by atoms with Crippen LogP contribution in [0.4, 0.5) is 13.2 Å². The predicted octanol–water partition coefficient (Wildman–Crippen LogP) is 7.18. The van der Waals surface area contributed by atoms with Crippen LogP contribution in [0.25, 0.3) is 11.1 Å². The number of aromatic nitrogens is 1. The Hall–Kier alpha value is -4.38. The summed E-state index contributed by atoms with van der Waals surface area (Å²) in [5.74, 6) is 1.12. The van der Waals surface area contributed by atoms with Crippen molar-refractivity contribution in [3.05, 3.63) is 99.5 Å². The summed E-state index contributed by atoms with van der Waals surface area (Å²) in [6.07, 6.45) is -2.38. The minimum absolute atomic E-state index is 0.128. The summed E-state index contributed by atoms with van der Waals surface area (Å²) in [7, 11) is 4.93. The van der Waals surface area contributed by atoms with Gasteiger partial charge in [0.05, 0.1) is 24.8 Å². The topological polar surface area (TPSA) is 72.0 Å². The van der Waals surface area contributed by atoms with Crippen LogP contribution >= 0.6 is 11.3 Å². The fourth-order valence-electron chi connectivity index (χ4n) is 5.46. The molecule has 1 aliphatic heterocycles. The van der Waals surface area contributed by atoms with Gasteiger partial charge in [-0.15, -0.1) is 11.3 Å². The van der Waals surface area contributed by atoms with Gasteiger partial charge in [-0.1, -0.05) is 36.4 Å². The third-order valence-corrected chi connectivity index (χ3v) is 9.09. The molecule has 1 aliphatic rings. The Morgan fingerprint density at radius 3 is 2.33 bits per heavy atom. The summed E-state index contributed by atoms with van der Waals surface area (Å²) < 4.78 is 49.8. The lowest BCUT2D eigenvalue weighted by Gasteiger charge is -2.31. The second-order valence-corrected chi connectivity index (χ2v) is 11.8. The van der Waals surface area contributed by atoms with E-state index in [1.165, 1.54) is 23.5 Å². The highest BCUT2D eigenvalue weighted by atomic mass is 32.1. The van der Waals surface area contributed by atoms with Gasteiger partial charge in [-0.25, -0.2) is 4.98 Å². The van der Waals surface area contributed by atoms with Crippen LogP contribution in [0.1, 0.15) is 55.7 Å². The van der Waals surface area contributed by atoms with E-state index in [2.05, 4.69) is 4.98 Å². The molecule has 0 spiro atoms. The van der Waals surface area contributed by atoms with E-state index in [0.717, 1.165) is 22.7 Å². The largest absolute Gasteiger partial charge is 0.493 e. The van der Waals surface area contributed by atoms with E-state index in [0.29, 0.717) is 72.8 Å². The Bertz CT molecular complexity index is 1650. The molecule has 11 heteroatoms. The van der Waals surface area contributed by atoms with Crippen molar-refractivity contribution in [3.8, 4) is 22.6 Å². The van der Waals surface area contributed by atoms with Crippen molar-refractivity contribution in [2.24, 2.45) is 0 Å². The Kier molecular flexibility index (Phi) is 9.77. The van der Waals surface area contributed by atoms with E-state index >= 15 is 0 Å². The number of amides is 2.